The number of hydrogen-bond acceptors (Lipinski definition) is 6. The number of methoxy groups -OCH3 is 3. The van der Waals surface area contributed by atoms with Crippen LogP contribution in [0.5, 0.6) is 17.2 Å². The molecule has 0 aromatic heterocycles. The number of ether oxygens (including phenoxy) is 3. The second-order valence-corrected chi connectivity index (χ2v) is 9.24. The Bertz CT molecular complexity index is 1040. The summed E-state index contributed by atoms with van der Waals surface area (Å²) in [5.41, 5.74) is 10.2. The summed E-state index contributed by atoms with van der Waals surface area (Å²) in [5, 5.41) is 0. The zero-order valence-corrected chi connectivity index (χ0v) is 21.6. The fraction of sp³-hybridized carbons (Fsp3) is 0.357. The van der Waals surface area contributed by atoms with Crippen LogP contribution in [0.2, 0.25) is 0 Å². The summed E-state index contributed by atoms with van der Waals surface area (Å²) >= 11 is 1.85. The van der Waals surface area contributed by atoms with Gasteiger partial charge in [0.05, 0.1) is 27.5 Å². The van der Waals surface area contributed by atoms with Gasteiger partial charge in [0.15, 0.2) is 11.5 Å². The molecule has 6 heteroatoms. The van der Waals surface area contributed by atoms with Crippen molar-refractivity contribution in [3.63, 3.8) is 0 Å². The van der Waals surface area contributed by atoms with Gasteiger partial charge in [-0.1, -0.05) is 43.3 Å². The van der Waals surface area contributed by atoms with Gasteiger partial charge in [0.2, 0.25) is 0 Å². The van der Waals surface area contributed by atoms with Crippen molar-refractivity contribution in [3.05, 3.63) is 83.4 Å². The monoisotopic (exact) mass is 480 g/mol. The van der Waals surface area contributed by atoms with Crippen molar-refractivity contribution in [1.29, 1.82) is 0 Å². The highest BCUT2D eigenvalue weighted by molar-refractivity contribution is 7.98. The van der Waals surface area contributed by atoms with E-state index in [1.807, 2.05) is 30.0 Å². The SMILES string of the molecule is CCC(N)N(C)C(Cc1ccc(OC)c(OC)c1)c1ccccc1SCc1ccc(OC)cc1. The normalized spacial score (nSPS) is 12.9. The fourth-order valence-corrected chi connectivity index (χ4v) is 5.05. The van der Waals surface area contributed by atoms with Crippen LogP contribution < -0.4 is 19.9 Å². The molecule has 2 atom stereocenters. The van der Waals surface area contributed by atoms with Gasteiger partial charge in [-0.15, -0.1) is 11.8 Å². The summed E-state index contributed by atoms with van der Waals surface area (Å²) in [5.74, 6) is 3.23. The van der Waals surface area contributed by atoms with Gasteiger partial charge in [0.1, 0.15) is 5.75 Å². The van der Waals surface area contributed by atoms with E-state index < -0.39 is 0 Å². The summed E-state index contributed by atoms with van der Waals surface area (Å²) in [7, 11) is 7.13. The van der Waals surface area contributed by atoms with Crippen LogP contribution in [0.4, 0.5) is 0 Å². The second-order valence-electron chi connectivity index (χ2n) is 8.22. The lowest BCUT2D eigenvalue weighted by atomic mass is 9.96. The van der Waals surface area contributed by atoms with E-state index in [2.05, 4.69) is 67.4 Å². The molecule has 0 heterocycles. The molecule has 0 amide bonds. The van der Waals surface area contributed by atoms with Gasteiger partial charge in [-0.2, -0.15) is 0 Å². The molecule has 3 aromatic carbocycles. The van der Waals surface area contributed by atoms with Crippen molar-refractivity contribution >= 4 is 11.8 Å². The van der Waals surface area contributed by atoms with Crippen molar-refractivity contribution in [1.82, 2.24) is 4.90 Å². The number of hydrogen-bond donors (Lipinski definition) is 1. The zero-order chi connectivity index (χ0) is 24.5. The van der Waals surface area contributed by atoms with Crippen LogP contribution >= 0.6 is 11.8 Å². The van der Waals surface area contributed by atoms with Gasteiger partial charge in [-0.05, 0) is 66.9 Å². The van der Waals surface area contributed by atoms with E-state index in [0.717, 1.165) is 35.8 Å². The number of likely N-dealkylation sites (N-methyl/N-ethyl adjacent to an activating group) is 1. The van der Waals surface area contributed by atoms with E-state index in [1.165, 1.54) is 21.6 Å². The first kappa shape index (κ1) is 25.9. The smallest absolute Gasteiger partial charge is 0.160 e. The summed E-state index contributed by atoms with van der Waals surface area (Å²) in [6, 6.07) is 23.2. The quantitative estimate of drug-likeness (QED) is 0.257. The Morgan fingerprint density at radius 2 is 1.53 bits per heavy atom. The molecule has 3 aromatic rings. The number of rotatable bonds is 12. The molecule has 2 N–H and O–H groups in total. The van der Waals surface area contributed by atoms with E-state index in [0.29, 0.717) is 0 Å². The van der Waals surface area contributed by atoms with Crippen LogP contribution in [-0.2, 0) is 12.2 Å². The summed E-state index contributed by atoms with van der Waals surface area (Å²) in [6.45, 7) is 2.12. The van der Waals surface area contributed by atoms with Crippen LogP contribution in [0.25, 0.3) is 0 Å². The number of nitrogens with two attached hydrogens (primary N) is 1. The van der Waals surface area contributed by atoms with E-state index >= 15 is 0 Å². The van der Waals surface area contributed by atoms with Gasteiger partial charge >= 0.3 is 0 Å². The molecular weight excluding hydrogens is 444 g/mol. The minimum Gasteiger partial charge on any atom is -0.497 e. The van der Waals surface area contributed by atoms with Crippen LogP contribution in [0, 0.1) is 0 Å². The Balaban J connectivity index is 1.90. The topological polar surface area (TPSA) is 57.0 Å². The Morgan fingerprint density at radius 3 is 2.18 bits per heavy atom. The number of thioether (sulfide) groups is 1. The summed E-state index contributed by atoms with van der Waals surface area (Å²) < 4.78 is 16.3. The Morgan fingerprint density at radius 1 is 0.853 bits per heavy atom. The van der Waals surface area contributed by atoms with Crippen molar-refractivity contribution in [2.45, 2.75) is 42.6 Å². The molecule has 5 nitrogen and oxygen atoms in total. The molecule has 0 spiro atoms. The molecule has 0 fully saturated rings. The Labute approximate surface area is 208 Å². The highest BCUT2D eigenvalue weighted by atomic mass is 32.2. The molecule has 0 radical (unpaired) electrons. The van der Waals surface area contributed by atoms with E-state index in [4.69, 9.17) is 19.9 Å². The molecule has 3 rings (SSSR count). The number of nitrogens with zero attached hydrogens (tertiary/aromatic N) is 1. The van der Waals surface area contributed by atoms with Crippen molar-refractivity contribution in [2.24, 2.45) is 5.73 Å². The lowest BCUT2D eigenvalue weighted by Crippen LogP contribution is -2.42. The third-order valence-electron chi connectivity index (χ3n) is 6.14. The van der Waals surface area contributed by atoms with Crippen molar-refractivity contribution in [2.75, 3.05) is 28.4 Å². The van der Waals surface area contributed by atoms with E-state index in [-0.39, 0.29) is 12.2 Å². The lowest BCUT2D eigenvalue weighted by molar-refractivity contribution is 0.168. The molecule has 0 aliphatic heterocycles. The number of benzene rings is 3. The predicted molar refractivity (Wildman–Crippen MR) is 141 cm³/mol. The maximum atomic E-state index is 6.52. The molecule has 0 aliphatic carbocycles. The fourth-order valence-electron chi connectivity index (χ4n) is 3.99. The van der Waals surface area contributed by atoms with E-state index in [9.17, 15) is 0 Å². The predicted octanol–water partition coefficient (Wildman–Crippen LogP) is 5.92. The van der Waals surface area contributed by atoms with Gasteiger partial charge in [0.25, 0.3) is 0 Å². The maximum Gasteiger partial charge on any atom is 0.160 e. The largest absolute Gasteiger partial charge is 0.497 e. The molecule has 0 bridgehead atoms. The lowest BCUT2D eigenvalue weighted by Gasteiger charge is -2.34. The van der Waals surface area contributed by atoms with Crippen LogP contribution in [-0.4, -0.2) is 39.4 Å². The molecule has 182 valence electrons. The molecule has 0 aliphatic rings. The molecule has 0 saturated heterocycles. The Kier molecular flexibility index (Phi) is 9.69. The van der Waals surface area contributed by atoms with Crippen molar-refractivity contribution in [3.8, 4) is 17.2 Å². The maximum absolute atomic E-state index is 6.52. The third-order valence-corrected chi connectivity index (χ3v) is 7.30. The molecular formula is C28H36N2O3S. The second kappa shape index (κ2) is 12.7. The van der Waals surface area contributed by atoms with Gasteiger partial charge in [-0.3, -0.25) is 4.90 Å². The third kappa shape index (κ3) is 6.47. The van der Waals surface area contributed by atoms with Crippen molar-refractivity contribution < 1.29 is 14.2 Å². The van der Waals surface area contributed by atoms with Gasteiger partial charge < -0.3 is 19.9 Å². The Hall–Kier alpha value is -2.67. The average Bonchev–Trinajstić information content (AvgIpc) is 2.90. The standard InChI is InChI=1S/C28H36N2O3S/c1-6-28(29)30(2)24(17-21-13-16-25(32-4)26(18-21)33-5)23-9-7-8-10-27(23)34-19-20-11-14-22(31-3)15-12-20/h7-16,18,24,28H,6,17,19,29H2,1-5H3. The van der Waals surface area contributed by atoms with E-state index in [1.54, 1.807) is 21.3 Å². The highest BCUT2D eigenvalue weighted by Gasteiger charge is 2.24. The van der Waals surface area contributed by atoms with Crippen LogP contribution in [0.15, 0.2) is 71.6 Å². The first-order chi connectivity index (χ1) is 16.5. The molecule has 2 unspecified atom stereocenters. The molecule has 0 saturated carbocycles. The first-order valence-corrected chi connectivity index (χ1v) is 12.5. The van der Waals surface area contributed by atoms with Crippen LogP contribution in [0.1, 0.15) is 36.1 Å². The zero-order valence-electron chi connectivity index (χ0n) is 20.8. The average molecular weight is 481 g/mol. The van der Waals surface area contributed by atoms with Crippen LogP contribution in [0.3, 0.4) is 0 Å². The molecule has 34 heavy (non-hydrogen) atoms. The highest BCUT2D eigenvalue weighted by Crippen LogP contribution is 2.36. The summed E-state index contributed by atoms with van der Waals surface area (Å²) in [6.07, 6.45) is 1.65. The minimum absolute atomic E-state index is 0.0372. The van der Waals surface area contributed by atoms with Gasteiger partial charge in [-0.25, -0.2) is 0 Å². The first-order valence-electron chi connectivity index (χ1n) is 11.5. The summed E-state index contributed by atoms with van der Waals surface area (Å²) in [4.78, 5) is 3.54. The minimum atomic E-state index is -0.0372. The van der Waals surface area contributed by atoms with Gasteiger partial charge in [0, 0.05) is 16.7 Å².